The fourth-order valence-electron chi connectivity index (χ4n) is 2.98. The molecule has 23 heavy (non-hydrogen) atoms. The number of aromatic nitrogens is 2. The number of aromatic carboxylic acids is 1. The number of anilines is 1. The highest BCUT2D eigenvalue weighted by molar-refractivity contribution is 7.20. The second-order valence-corrected chi connectivity index (χ2v) is 6.56. The molecule has 3 heterocycles. The molecule has 1 unspecified atom stereocenters. The van der Waals surface area contributed by atoms with Crippen molar-refractivity contribution in [1.29, 1.82) is 0 Å². The normalized spacial score (nSPS) is 17.7. The van der Waals surface area contributed by atoms with E-state index >= 15 is 0 Å². The Morgan fingerprint density at radius 3 is 2.96 bits per heavy atom. The van der Waals surface area contributed by atoms with E-state index in [1.165, 1.54) is 6.33 Å². The van der Waals surface area contributed by atoms with Crippen LogP contribution >= 0.6 is 11.3 Å². The number of fused-ring (bicyclic) bond motifs is 1. The summed E-state index contributed by atoms with van der Waals surface area (Å²) in [5.41, 5.74) is 0.689. The van der Waals surface area contributed by atoms with Gasteiger partial charge in [-0.3, -0.25) is 4.79 Å². The number of carboxylic acid groups (broad SMARTS) is 1. The van der Waals surface area contributed by atoms with Gasteiger partial charge in [-0.1, -0.05) is 0 Å². The number of hydrogen-bond acceptors (Lipinski definition) is 6. The van der Waals surface area contributed by atoms with Gasteiger partial charge in [0.2, 0.25) is 5.91 Å². The third kappa shape index (κ3) is 2.74. The number of amides is 1. The van der Waals surface area contributed by atoms with Crippen LogP contribution in [0.2, 0.25) is 0 Å². The monoisotopic (exact) mass is 334 g/mol. The maximum Gasteiger partial charge on any atom is 0.346 e. The number of carbonyl (C=O) groups is 2. The molecule has 1 amide bonds. The summed E-state index contributed by atoms with van der Waals surface area (Å²) in [6.45, 7) is 5.63. The van der Waals surface area contributed by atoms with E-state index in [2.05, 4.69) is 20.2 Å². The van der Waals surface area contributed by atoms with Crippen LogP contribution in [0.15, 0.2) is 6.33 Å². The third-order valence-electron chi connectivity index (χ3n) is 4.11. The van der Waals surface area contributed by atoms with E-state index in [4.69, 9.17) is 0 Å². The van der Waals surface area contributed by atoms with Gasteiger partial charge < -0.3 is 15.3 Å². The Kier molecular flexibility index (Phi) is 4.16. The average molecular weight is 334 g/mol. The molecule has 0 bridgehead atoms. The van der Waals surface area contributed by atoms with E-state index in [9.17, 15) is 14.7 Å². The van der Waals surface area contributed by atoms with Crippen LogP contribution in [0.5, 0.6) is 0 Å². The largest absolute Gasteiger partial charge is 0.477 e. The number of rotatable bonds is 4. The molecular weight excluding hydrogens is 316 g/mol. The van der Waals surface area contributed by atoms with Gasteiger partial charge in [-0.15, -0.1) is 11.3 Å². The van der Waals surface area contributed by atoms with Gasteiger partial charge in [0.25, 0.3) is 0 Å². The van der Waals surface area contributed by atoms with Crippen molar-refractivity contribution in [3.8, 4) is 0 Å². The van der Waals surface area contributed by atoms with Crippen molar-refractivity contribution in [3.05, 3.63) is 16.8 Å². The van der Waals surface area contributed by atoms with Gasteiger partial charge in [0.05, 0.1) is 11.3 Å². The summed E-state index contributed by atoms with van der Waals surface area (Å²) in [7, 11) is 0. The Bertz CT molecular complexity index is 773. The van der Waals surface area contributed by atoms with Crippen molar-refractivity contribution in [2.75, 3.05) is 24.5 Å². The van der Waals surface area contributed by atoms with Crippen molar-refractivity contribution >= 4 is 39.2 Å². The first-order chi connectivity index (χ1) is 11.0. The maximum absolute atomic E-state index is 12.0. The SMILES string of the molecule is CCNC(=O)C1CCN(c2ncnc3sc(C(=O)O)c(C)c23)C1. The van der Waals surface area contributed by atoms with Crippen LogP contribution < -0.4 is 10.2 Å². The Morgan fingerprint density at radius 2 is 2.26 bits per heavy atom. The molecule has 1 fully saturated rings. The molecule has 0 aliphatic carbocycles. The van der Waals surface area contributed by atoms with Crippen molar-refractivity contribution in [2.45, 2.75) is 20.3 Å². The van der Waals surface area contributed by atoms with Gasteiger partial charge in [-0.2, -0.15) is 0 Å². The summed E-state index contributed by atoms with van der Waals surface area (Å²) in [5.74, 6) is -0.215. The van der Waals surface area contributed by atoms with Gasteiger partial charge in [-0.05, 0) is 25.8 Å². The fourth-order valence-corrected chi connectivity index (χ4v) is 3.96. The third-order valence-corrected chi connectivity index (χ3v) is 5.30. The topological polar surface area (TPSA) is 95.4 Å². The number of hydrogen-bond donors (Lipinski definition) is 2. The van der Waals surface area contributed by atoms with Crippen LogP contribution in [0.3, 0.4) is 0 Å². The van der Waals surface area contributed by atoms with Gasteiger partial charge >= 0.3 is 5.97 Å². The zero-order valence-electron chi connectivity index (χ0n) is 13.0. The molecule has 0 radical (unpaired) electrons. The lowest BCUT2D eigenvalue weighted by molar-refractivity contribution is -0.124. The van der Waals surface area contributed by atoms with Gasteiger partial charge in [-0.25, -0.2) is 14.8 Å². The quantitative estimate of drug-likeness (QED) is 0.883. The standard InChI is InChI=1S/C15H18N4O3S/c1-3-16-13(20)9-4-5-19(6-9)12-10-8(2)11(15(21)22)23-14(10)18-7-17-12/h7,9H,3-6H2,1-2H3,(H,16,20)(H,21,22). The van der Waals surface area contributed by atoms with Crippen molar-refractivity contribution in [1.82, 2.24) is 15.3 Å². The molecule has 0 spiro atoms. The van der Waals surface area contributed by atoms with E-state index in [-0.39, 0.29) is 11.8 Å². The van der Waals surface area contributed by atoms with Gasteiger partial charge in [0.15, 0.2) is 0 Å². The zero-order valence-corrected chi connectivity index (χ0v) is 13.8. The highest BCUT2D eigenvalue weighted by atomic mass is 32.1. The van der Waals surface area contributed by atoms with Crippen LogP contribution in [-0.2, 0) is 4.79 Å². The number of nitrogens with one attached hydrogen (secondary N) is 1. The number of nitrogens with zero attached hydrogens (tertiary/aromatic N) is 3. The summed E-state index contributed by atoms with van der Waals surface area (Å²) < 4.78 is 0. The number of carbonyl (C=O) groups excluding carboxylic acids is 1. The first-order valence-electron chi connectivity index (χ1n) is 7.53. The average Bonchev–Trinajstić information content (AvgIpc) is 3.13. The van der Waals surface area contributed by atoms with Crippen molar-refractivity contribution < 1.29 is 14.7 Å². The van der Waals surface area contributed by atoms with E-state index in [1.54, 1.807) is 6.92 Å². The summed E-state index contributed by atoms with van der Waals surface area (Å²) in [6, 6.07) is 0. The van der Waals surface area contributed by atoms with E-state index in [1.807, 2.05) is 6.92 Å². The van der Waals surface area contributed by atoms with Gasteiger partial charge in [0, 0.05) is 19.6 Å². The molecule has 1 atom stereocenters. The summed E-state index contributed by atoms with van der Waals surface area (Å²) >= 11 is 1.16. The predicted molar refractivity (Wildman–Crippen MR) is 88.1 cm³/mol. The lowest BCUT2D eigenvalue weighted by atomic mass is 10.1. The molecule has 1 aliphatic rings. The van der Waals surface area contributed by atoms with Crippen molar-refractivity contribution in [3.63, 3.8) is 0 Å². The Morgan fingerprint density at radius 1 is 1.48 bits per heavy atom. The summed E-state index contributed by atoms with van der Waals surface area (Å²) in [6.07, 6.45) is 2.23. The summed E-state index contributed by atoms with van der Waals surface area (Å²) in [5, 5.41) is 12.9. The molecular formula is C15H18N4O3S. The zero-order chi connectivity index (χ0) is 16.6. The molecule has 122 valence electrons. The van der Waals surface area contributed by atoms with Crippen LogP contribution in [-0.4, -0.2) is 46.6 Å². The minimum Gasteiger partial charge on any atom is -0.477 e. The highest BCUT2D eigenvalue weighted by Crippen LogP contribution is 2.36. The predicted octanol–water partition coefficient (Wildman–Crippen LogP) is 1.66. The van der Waals surface area contributed by atoms with E-state index in [0.29, 0.717) is 28.4 Å². The smallest absolute Gasteiger partial charge is 0.346 e. The first kappa shape index (κ1) is 15.7. The Hall–Kier alpha value is -2.22. The summed E-state index contributed by atoms with van der Waals surface area (Å²) in [4.78, 5) is 34.9. The molecule has 2 aromatic heterocycles. The molecule has 2 N–H and O–H groups in total. The van der Waals surface area contributed by atoms with Gasteiger partial charge in [0.1, 0.15) is 21.9 Å². The van der Waals surface area contributed by atoms with E-state index < -0.39 is 5.97 Å². The second kappa shape index (κ2) is 6.11. The molecule has 3 rings (SSSR count). The molecule has 1 aliphatic heterocycles. The fraction of sp³-hybridized carbons (Fsp3) is 0.467. The Labute approximate surface area is 137 Å². The van der Waals surface area contributed by atoms with Crippen LogP contribution in [0, 0.1) is 12.8 Å². The number of carboxylic acids is 1. The maximum atomic E-state index is 12.0. The minimum absolute atomic E-state index is 0.0575. The minimum atomic E-state index is -0.946. The molecule has 0 aromatic carbocycles. The number of aryl methyl sites for hydroxylation is 1. The van der Waals surface area contributed by atoms with Crippen LogP contribution in [0.25, 0.3) is 10.2 Å². The van der Waals surface area contributed by atoms with Crippen LogP contribution in [0.1, 0.15) is 28.6 Å². The molecule has 2 aromatic rings. The molecule has 0 saturated carbocycles. The lowest BCUT2D eigenvalue weighted by Crippen LogP contribution is -2.32. The first-order valence-corrected chi connectivity index (χ1v) is 8.34. The number of thiophene rings is 1. The van der Waals surface area contributed by atoms with Crippen molar-refractivity contribution in [2.24, 2.45) is 5.92 Å². The Balaban J connectivity index is 1.95. The van der Waals surface area contributed by atoms with E-state index in [0.717, 1.165) is 35.5 Å². The molecule has 8 heteroatoms. The molecule has 1 saturated heterocycles. The highest BCUT2D eigenvalue weighted by Gasteiger charge is 2.31. The lowest BCUT2D eigenvalue weighted by Gasteiger charge is -2.18. The molecule has 7 nitrogen and oxygen atoms in total. The second-order valence-electron chi connectivity index (χ2n) is 5.56. The van der Waals surface area contributed by atoms with Crippen LogP contribution in [0.4, 0.5) is 5.82 Å².